The van der Waals surface area contributed by atoms with Crippen LogP contribution in [0.15, 0.2) is 72.8 Å². The molecule has 0 radical (unpaired) electrons. The van der Waals surface area contributed by atoms with Gasteiger partial charge in [0.2, 0.25) is 0 Å². The number of aliphatic hydroxyl groups is 1. The molecule has 8 nitrogen and oxygen atoms in total. The van der Waals surface area contributed by atoms with Gasteiger partial charge in [0.25, 0.3) is 11.7 Å². The Kier molecular flexibility index (Phi) is 7.40. The van der Waals surface area contributed by atoms with Crippen LogP contribution < -0.4 is 9.47 Å². The zero-order chi connectivity index (χ0) is 24.8. The molecule has 35 heavy (non-hydrogen) atoms. The minimum absolute atomic E-state index is 0.00904. The highest BCUT2D eigenvalue weighted by Gasteiger charge is 2.46. The molecular weight excluding hydrogens is 446 g/mol. The highest BCUT2D eigenvalue weighted by Crippen LogP contribution is 2.42. The van der Waals surface area contributed by atoms with Crippen LogP contribution >= 0.6 is 0 Å². The topological polar surface area (TPSA) is 102 Å². The van der Waals surface area contributed by atoms with E-state index >= 15 is 0 Å². The van der Waals surface area contributed by atoms with Crippen molar-refractivity contribution in [1.82, 2.24) is 14.9 Å². The lowest BCUT2D eigenvalue weighted by atomic mass is 9.95. The summed E-state index contributed by atoms with van der Waals surface area (Å²) in [5.74, 6) is -0.616. The van der Waals surface area contributed by atoms with E-state index in [4.69, 9.17) is 9.47 Å². The molecule has 1 aliphatic rings. The van der Waals surface area contributed by atoms with Crippen LogP contribution in [0.5, 0.6) is 11.5 Å². The average Bonchev–Trinajstić information content (AvgIpc) is 3.13. The largest absolute Gasteiger partial charge is 0.507 e. The van der Waals surface area contributed by atoms with Crippen molar-refractivity contribution in [3.8, 4) is 11.5 Å². The Hall–Kier alpha value is -4.20. The summed E-state index contributed by atoms with van der Waals surface area (Å²) in [5.41, 5.74) is 1.79. The first-order chi connectivity index (χ1) is 17.0. The van der Waals surface area contributed by atoms with Gasteiger partial charge in [0.1, 0.15) is 5.76 Å². The van der Waals surface area contributed by atoms with Gasteiger partial charge in [-0.3, -0.25) is 19.6 Å². The van der Waals surface area contributed by atoms with Gasteiger partial charge < -0.3 is 19.5 Å². The summed E-state index contributed by atoms with van der Waals surface area (Å²) in [4.78, 5) is 36.0. The SMILES string of the molecule is CCCOc1ccc(C2C(=C(O)c3ccncc3)C(=O)C(=O)N2Cc2cccnc2)cc1OCC. The molecule has 1 fully saturated rings. The lowest BCUT2D eigenvalue weighted by Crippen LogP contribution is -2.29. The average molecular weight is 474 g/mol. The Morgan fingerprint density at radius 2 is 1.80 bits per heavy atom. The maximum atomic E-state index is 13.2. The second-order valence-electron chi connectivity index (χ2n) is 8.01. The molecule has 4 rings (SSSR count). The number of carbonyl (C=O) groups excluding carboxylic acids is 2. The van der Waals surface area contributed by atoms with E-state index in [0.717, 1.165) is 12.0 Å². The van der Waals surface area contributed by atoms with Gasteiger partial charge in [-0.25, -0.2) is 0 Å². The third kappa shape index (κ3) is 5.01. The number of hydrogen-bond donors (Lipinski definition) is 1. The first kappa shape index (κ1) is 23.9. The van der Waals surface area contributed by atoms with Gasteiger partial charge in [-0.15, -0.1) is 0 Å². The maximum Gasteiger partial charge on any atom is 0.295 e. The molecule has 3 aromatic rings. The van der Waals surface area contributed by atoms with Crippen LogP contribution in [0, 0.1) is 0 Å². The Morgan fingerprint density at radius 3 is 2.49 bits per heavy atom. The molecule has 1 saturated heterocycles. The van der Waals surface area contributed by atoms with Gasteiger partial charge >= 0.3 is 0 Å². The number of rotatable bonds is 9. The number of aliphatic hydroxyl groups excluding tert-OH is 1. The number of hydrogen-bond acceptors (Lipinski definition) is 7. The predicted octanol–water partition coefficient (Wildman–Crippen LogP) is 4.29. The lowest BCUT2D eigenvalue weighted by Gasteiger charge is -2.26. The number of likely N-dealkylation sites (tertiary alicyclic amines) is 1. The molecule has 1 atom stereocenters. The number of ether oxygens (including phenoxy) is 2. The molecule has 0 bridgehead atoms. The molecule has 1 unspecified atom stereocenters. The summed E-state index contributed by atoms with van der Waals surface area (Å²) in [6.45, 7) is 4.97. The minimum Gasteiger partial charge on any atom is -0.507 e. The third-order valence-electron chi connectivity index (χ3n) is 5.61. The fraction of sp³-hybridized carbons (Fsp3) is 0.259. The number of pyridine rings is 2. The summed E-state index contributed by atoms with van der Waals surface area (Å²) < 4.78 is 11.6. The van der Waals surface area contributed by atoms with Crippen LogP contribution in [0.2, 0.25) is 0 Å². The van der Waals surface area contributed by atoms with Gasteiger partial charge in [-0.2, -0.15) is 0 Å². The van der Waals surface area contributed by atoms with E-state index in [1.54, 1.807) is 48.8 Å². The predicted molar refractivity (Wildman–Crippen MR) is 130 cm³/mol. The second kappa shape index (κ2) is 10.8. The zero-order valence-corrected chi connectivity index (χ0v) is 19.7. The molecular formula is C27H27N3O5. The molecule has 1 aromatic carbocycles. The van der Waals surface area contributed by atoms with E-state index in [0.29, 0.717) is 35.8 Å². The van der Waals surface area contributed by atoms with Crippen molar-refractivity contribution in [3.05, 3.63) is 89.5 Å². The Labute approximate surface area is 203 Å². The number of carbonyl (C=O) groups is 2. The fourth-order valence-electron chi connectivity index (χ4n) is 4.04. The molecule has 0 spiro atoms. The minimum atomic E-state index is -0.831. The molecule has 0 aliphatic carbocycles. The molecule has 8 heteroatoms. The van der Waals surface area contributed by atoms with Crippen molar-refractivity contribution >= 4 is 17.4 Å². The van der Waals surface area contributed by atoms with Crippen molar-refractivity contribution in [1.29, 1.82) is 0 Å². The molecule has 2 aromatic heterocycles. The maximum absolute atomic E-state index is 13.2. The number of nitrogens with zero attached hydrogens (tertiary/aromatic N) is 3. The van der Waals surface area contributed by atoms with Gasteiger partial charge in [0, 0.05) is 36.9 Å². The molecule has 1 amide bonds. The number of ketones is 1. The van der Waals surface area contributed by atoms with E-state index in [1.807, 2.05) is 19.9 Å². The van der Waals surface area contributed by atoms with E-state index in [9.17, 15) is 14.7 Å². The normalized spacial score (nSPS) is 17.0. The summed E-state index contributed by atoms with van der Waals surface area (Å²) in [7, 11) is 0. The van der Waals surface area contributed by atoms with Gasteiger partial charge in [-0.1, -0.05) is 19.1 Å². The van der Waals surface area contributed by atoms with Crippen molar-refractivity contribution < 1.29 is 24.2 Å². The highest BCUT2D eigenvalue weighted by molar-refractivity contribution is 6.46. The van der Waals surface area contributed by atoms with Crippen LogP contribution in [0.1, 0.15) is 43.0 Å². The molecule has 3 heterocycles. The smallest absolute Gasteiger partial charge is 0.295 e. The van der Waals surface area contributed by atoms with Crippen LogP contribution in [0.25, 0.3) is 5.76 Å². The second-order valence-corrected chi connectivity index (χ2v) is 8.01. The first-order valence-corrected chi connectivity index (χ1v) is 11.5. The Bertz CT molecular complexity index is 1230. The number of benzene rings is 1. The van der Waals surface area contributed by atoms with Gasteiger partial charge in [0.05, 0.1) is 24.8 Å². The molecule has 1 aliphatic heterocycles. The van der Waals surface area contributed by atoms with Gasteiger partial charge in [0.15, 0.2) is 11.5 Å². The van der Waals surface area contributed by atoms with E-state index in [-0.39, 0.29) is 17.9 Å². The van der Waals surface area contributed by atoms with Crippen molar-refractivity contribution in [2.75, 3.05) is 13.2 Å². The third-order valence-corrected chi connectivity index (χ3v) is 5.61. The van der Waals surface area contributed by atoms with Crippen LogP contribution in [0.4, 0.5) is 0 Å². The quantitative estimate of drug-likeness (QED) is 0.281. The standard InChI is InChI=1S/C27H27N3O5/c1-3-14-35-21-8-7-20(15-22(21)34-4-2)24-23(25(31)19-9-12-28-13-10-19)26(32)27(33)30(24)17-18-6-5-11-29-16-18/h5-13,15-16,24,31H,3-4,14,17H2,1-2H3. The monoisotopic (exact) mass is 473 g/mol. The van der Waals surface area contributed by atoms with Crippen LogP contribution in [0.3, 0.4) is 0 Å². The van der Waals surface area contributed by atoms with E-state index in [1.165, 1.54) is 17.3 Å². The van der Waals surface area contributed by atoms with Crippen LogP contribution in [-0.2, 0) is 16.1 Å². The Balaban J connectivity index is 1.85. The molecule has 180 valence electrons. The Morgan fingerprint density at radius 1 is 1.00 bits per heavy atom. The zero-order valence-electron chi connectivity index (χ0n) is 19.7. The summed E-state index contributed by atoms with van der Waals surface area (Å²) in [5, 5.41) is 11.2. The van der Waals surface area contributed by atoms with E-state index in [2.05, 4.69) is 9.97 Å². The van der Waals surface area contributed by atoms with Crippen LogP contribution in [-0.4, -0.2) is 44.9 Å². The van der Waals surface area contributed by atoms with E-state index < -0.39 is 17.7 Å². The highest BCUT2D eigenvalue weighted by atomic mass is 16.5. The summed E-state index contributed by atoms with van der Waals surface area (Å²) in [6, 6.07) is 11.3. The number of amides is 1. The van der Waals surface area contributed by atoms with Crippen molar-refractivity contribution in [2.24, 2.45) is 0 Å². The lowest BCUT2D eigenvalue weighted by molar-refractivity contribution is -0.140. The molecule has 0 saturated carbocycles. The van der Waals surface area contributed by atoms with Crippen molar-refractivity contribution in [2.45, 2.75) is 32.9 Å². The molecule has 1 N–H and O–H groups in total. The number of aromatic nitrogens is 2. The first-order valence-electron chi connectivity index (χ1n) is 11.5. The fourth-order valence-corrected chi connectivity index (χ4v) is 4.04. The summed E-state index contributed by atoms with van der Waals surface area (Å²) in [6.07, 6.45) is 7.16. The summed E-state index contributed by atoms with van der Waals surface area (Å²) >= 11 is 0. The van der Waals surface area contributed by atoms with Crippen molar-refractivity contribution in [3.63, 3.8) is 0 Å². The number of Topliss-reactive ketones (excluding diaryl/α,β-unsaturated/α-hetero) is 1. The van der Waals surface area contributed by atoms with Gasteiger partial charge in [-0.05, 0) is 54.8 Å².